The van der Waals surface area contributed by atoms with E-state index in [9.17, 15) is 14.0 Å². The lowest BCUT2D eigenvalue weighted by molar-refractivity contribution is -0.117. The number of anilines is 1. The molecule has 90 valence electrons. The van der Waals surface area contributed by atoms with Gasteiger partial charge in [-0.25, -0.2) is 9.18 Å². The maximum absolute atomic E-state index is 13.1. The van der Waals surface area contributed by atoms with Gasteiger partial charge >= 0.3 is 6.09 Å². The monoisotopic (exact) mass is 238 g/mol. The largest absolute Gasteiger partial charge is 0.445 e. The SMILES string of the molecule is NC(=O)OC1CC(=O)Nc2ccc(F)cc2C1. The molecule has 0 fully saturated rings. The highest BCUT2D eigenvalue weighted by Crippen LogP contribution is 2.24. The minimum Gasteiger partial charge on any atom is -0.445 e. The van der Waals surface area contributed by atoms with Gasteiger partial charge in [-0.05, 0) is 23.8 Å². The number of benzene rings is 1. The lowest BCUT2D eigenvalue weighted by Crippen LogP contribution is -2.26. The van der Waals surface area contributed by atoms with Gasteiger partial charge in [-0.1, -0.05) is 0 Å². The highest BCUT2D eigenvalue weighted by molar-refractivity contribution is 5.92. The molecule has 0 aliphatic carbocycles. The first-order valence-corrected chi connectivity index (χ1v) is 5.09. The van der Waals surface area contributed by atoms with Gasteiger partial charge in [0.25, 0.3) is 0 Å². The van der Waals surface area contributed by atoms with Crippen molar-refractivity contribution < 1.29 is 18.7 Å². The molecule has 0 spiro atoms. The van der Waals surface area contributed by atoms with Crippen molar-refractivity contribution in [1.29, 1.82) is 0 Å². The average molecular weight is 238 g/mol. The van der Waals surface area contributed by atoms with Crippen molar-refractivity contribution in [2.75, 3.05) is 5.32 Å². The van der Waals surface area contributed by atoms with Crippen LogP contribution in [-0.2, 0) is 16.0 Å². The normalized spacial score (nSPS) is 18.9. The summed E-state index contributed by atoms with van der Waals surface area (Å²) < 4.78 is 17.9. The highest BCUT2D eigenvalue weighted by atomic mass is 19.1. The molecule has 6 heteroatoms. The van der Waals surface area contributed by atoms with Crippen molar-refractivity contribution in [2.24, 2.45) is 5.73 Å². The fraction of sp³-hybridized carbons (Fsp3) is 0.273. The van der Waals surface area contributed by atoms with Crippen LogP contribution >= 0.6 is 0 Å². The number of hydrogen-bond acceptors (Lipinski definition) is 3. The molecular formula is C11H11FN2O3. The lowest BCUT2D eigenvalue weighted by atomic mass is 10.1. The first-order chi connectivity index (χ1) is 8.04. The van der Waals surface area contributed by atoms with Gasteiger partial charge in [0.15, 0.2) is 0 Å². The Morgan fingerprint density at radius 2 is 2.24 bits per heavy atom. The quantitative estimate of drug-likeness (QED) is 0.770. The Bertz CT molecular complexity index is 476. The second-order valence-corrected chi connectivity index (χ2v) is 3.82. The van der Waals surface area contributed by atoms with Gasteiger partial charge in [0.1, 0.15) is 11.9 Å². The molecule has 1 atom stereocenters. The van der Waals surface area contributed by atoms with E-state index in [2.05, 4.69) is 5.32 Å². The van der Waals surface area contributed by atoms with Crippen molar-refractivity contribution in [2.45, 2.75) is 18.9 Å². The number of carbonyl (C=O) groups is 2. The lowest BCUT2D eigenvalue weighted by Gasteiger charge is -2.12. The second kappa shape index (κ2) is 4.40. The number of halogens is 1. The zero-order valence-electron chi connectivity index (χ0n) is 8.90. The predicted molar refractivity (Wildman–Crippen MR) is 57.8 cm³/mol. The van der Waals surface area contributed by atoms with Gasteiger partial charge in [0, 0.05) is 12.1 Å². The molecule has 0 saturated carbocycles. The summed E-state index contributed by atoms with van der Waals surface area (Å²) >= 11 is 0. The minimum atomic E-state index is -0.942. The molecule has 1 aliphatic rings. The summed E-state index contributed by atoms with van der Waals surface area (Å²) in [7, 11) is 0. The molecule has 2 amide bonds. The number of carbonyl (C=O) groups excluding carboxylic acids is 2. The molecular weight excluding hydrogens is 227 g/mol. The summed E-state index contributed by atoms with van der Waals surface area (Å²) in [6.07, 6.45) is -1.33. The van der Waals surface area contributed by atoms with Crippen LogP contribution in [0.1, 0.15) is 12.0 Å². The Kier molecular flexibility index (Phi) is 2.95. The van der Waals surface area contributed by atoms with Gasteiger partial charge in [0.2, 0.25) is 5.91 Å². The third-order valence-electron chi connectivity index (χ3n) is 2.48. The Balaban J connectivity index is 2.28. The van der Waals surface area contributed by atoms with Gasteiger partial charge in [-0.3, -0.25) is 4.79 Å². The fourth-order valence-electron chi connectivity index (χ4n) is 1.83. The van der Waals surface area contributed by atoms with Crippen molar-refractivity contribution in [3.05, 3.63) is 29.6 Å². The Morgan fingerprint density at radius 1 is 1.47 bits per heavy atom. The average Bonchev–Trinajstić information content (AvgIpc) is 2.34. The molecule has 3 N–H and O–H groups in total. The van der Waals surface area contributed by atoms with Gasteiger partial charge < -0.3 is 15.8 Å². The number of nitrogens with two attached hydrogens (primary N) is 1. The van der Waals surface area contributed by atoms with E-state index in [1.165, 1.54) is 18.2 Å². The van der Waals surface area contributed by atoms with Crippen LogP contribution in [0.3, 0.4) is 0 Å². The Hall–Kier alpha value is -2.11. The van der Waals surface area contributed by atoms with Crippen LogP contribution < -0.4 is 11.1 Å². The van der Waals surface area contributed by atoms with E-state index in [4.69, 9.17) is 10.5 Å². The molecule has 1 heterocycles. The summed E-state index contributed by atoms with van der Waals surface area (Å²) in [5.74, 6) is -0.695. The van der Waals surface area contributed by atoms with E-state index in [1.807, 2.05) is 0 Å². The topological polar surface area (TPSA) is 81.4 Å². The molecule has 17 heavy (non-hydrogen) atoms. The van der Waals surface area contributed by atoms with E-state index < -0.39 is 18.0 Å². The van der Waals surface area contributed by atoms with Gasteiger partial charge in [0.05, 0.1) is 6.42 Å². The Labute approximate surface area is 96.7 Å². The van der Waals surface area contributed by atoms with Gasteiger partial charge in [-0.15, -0.1) is 0 Å². The van der Waals surface area contributed by atoms with Gasteiger partial charge in [-0.2, -0.15) is 0 Å². The Morgan fingerprint density at radius 3 is 2.94 bits per heavy atom. The summed E-state index contributed by atoms with van der Waals surface area (Å²) in [5, 5.41) is 2.62. The van der Waals surface area contributed by atoms with Crippen molar-refractivity contribution in [3.8, 4) is 0 Å². The summed E-state index contributed by atoms with van der Waals surface area (Å²) in [6, 6.07) is 4.04. The molecule has 0 saturated heterocycles. The third kappa shape index (κ3) is 2.72. The predicted octanol–water partition coefficient (Wildman–Crippen LogP) is 1.17. The summed E-state index contributed by atoms with van der Waals surface area (Å²) in [4.78, 5) is 22.1. The van der Waals surface area contributed by atoms with Crippen molar-refractivity contribution in [1.82, 2.24) is 0 Å². The minimum absolute atomic E-state index is 0.0131. The number of ether oxygens (including phenoxy) is 1. The summed E-state index contributed by atoms with van der Waals surface area (Å²) in [5.41, 5.74) is 6.02. The van der Waals surface area contributed by atoms with Crippen LogP contribution in [0, 0.1) is 5.82 Å². The highest BCUT2D eigenvalue weighted by Gasteiger charge is 2.24. The van der Waals surface area contributed by atoms with Crippen LogP contribution in [0.5, 0.6) is 0 Å². The van der Waals surface area contributed by atoms with Crippen LogP contribution in [0.15, 0.2) is 18.2 Å². The zero-order chi connectivity index (χ0) is 12.4. The number of rotatable bonds is 1. The van der Waals surface area contributed by atoms with E-state index in [-0.39, 0.29) is 18.7 Å². The molecule has 1 aromatic carbocycles. The number of primary amides is 1. The van der Waals surface area contributed by atoms with Crippen LogP contribution in [0.25, 0.3) is 0 Å². The second-order valence-electron chi connectivity index (χ2n) is 3.82. The standard InChI is InChI=1S/C11H11FN2O3/c12-7-1-2-9-6(3-7)4-8(17-11(13)16)5-10(15)14-9/h1-3,8H,4-5H2,(H2,13,16)(H,14,15). The smallest absolute Gasteiger partial charge is 0.404 e. The van der Waals surface area contributed by atoms with Crippen LogP contribution in [0.2, 0.25) is 0 Å². The number of hydrogen-bond donors (Lipinski definition) is 2. The first kappa shape index (κ1) is 11.4. The van der Waals surface area contributed by atoms with Crippen LogP contribution in [-0.4, -0.2) is 18.1 Å². The zero-order valence-corrected chi connectivity index (χ0v) is 8.90. The fourth-order valence-corrected chi connectivity index (χ4v) is 1.83. The molecule has 1 aliphatic heterocycles. The number of nitrogens with one attached hydrogen (secondary N) is 1. The van der Waals surface area contributed by atoms with E-state index >= 15 is 0 Å². The maximum atomic E-state index is 13.1. The first-order valence-electron chi connectivity index (χ1n) is 5.09. The van der Waals surface area contributed by atoms with E-state index in [1.54, 1.807) is 0 Å². The van der Waals surface area contributed by atoms with E-state index in [0.717, 1.165) is 0 Å². The molecule has 5 nitrogen and oxygen atoms in total. The molecule has 0 radical (unpaired) electrons. The van der Waals surface area contributed by atoms with Crippen molar-refractivity contribution in [3.63, 3.8) is 0 Å². The van der Waals surface area contributed by atoms with Crippen molar-refractivity contribution >= 4 is 17.7 Å². The molecule has 0 bridgehead atoms. The third-order valence-corrected chi connectivity index (χ3v) is 2.48. The molecule has 2 rings (SSSR count). The molecule has 1 aromatic rings. The number of amides is 2. The number of fused-ring (bicyclic) bond motifs is 1. The maximum Gasteiger partial charge on any atom is 0.404 e. The van der Waals surface area contributed by atoms with Crippen LogP contribution in [0.4, 0.5) is 14.9 Å². The van der Waals surface area contributed by atoms with E-state index in [0.29, 0.717) is 11.3 Å². The molecule has 0 aromatic heterocycles. The summed E-state index contributed by atoms with van der Waals surface area (Å²) in [6.45, 7) is 0. The molecule has 1 unspecified atom stereocenters.